The fourth-order valence-electron chi connectivity index (χ4n) is 7.13. The molecule has 0 N–H and O–H groups in total. The van der Waals surface area contributed by atoms with Crippen LogP contribution in [-0.2, 0) is 11.8 Å². The van der Waals surface area contributed by atoms with Gasteiger partial charge in [0.25, 0.3) is 0 Å². The van der Waals surface area contributed by atoms with Crippen molar-refractivity contribution in [2.75, 3.05) is 4.90 Å². The molecule has 47 heavy (non-hydrogen) atoms. The molecule has 6 aromatic carbocycles. The van der Waals surface area contributed by atoms with Crippen LogP contribution in [0.25, 0.3) is 48.7 Å². The van der Waals surface area contributed by atoms with Gasteiger partial charge in [0.15, 0.2) is 5.58 Å². The summed E-state index contributed by atoms with van der Waals surface area (Å²) in [5.74, 6) is 0. The van der Waals surface area contributed by atoms with E-state index in [1.54, 1.807) is 0 Å². The van der Waals surface area contributed by atoms with Crippen molar-refractivity contribution in [2.24, 2.45) is 0 Å². The predicted octanol–water partition coefficient (Wildman–Crippen LogP) is 13.2. The molecule has 232 valence electrons. The molecule has 1 heterocycles. The van der Waals surface area contributed by atoms with Crippen molar-refractivity contribution in [3.63, 3.8) is 0 Å². The maximum atomic E-state index is 7.76. The smallest absolute Gasteiger partial charge is 0.229 e. The van der Waals surface area contributed by atoms with Crippen LogP contribution < -0.4 is 4.90 Å². The van der Waals surface area contributed by atoms with E-state index in [9.17, 15) is 0 Å². The molecule has 0 radical (unpaired) electrons. The molecule has 3 heteroatoms. The molecule has 0 unspecified atom stereocenters. The van der Waals surface area contributed by atoms with Gasteiger partial charge in [-0.2, -0.15) is 0 Å². The summed E-state index contributed by atoms with van der Waals surface area (Å²) in [5, 5.41) is 4.65. The first-order valence-electron chi connectivity index (χ1n) is 16.5. The van der Waals surface area contributed by atoms with E-state index >= 15 is 0 Å². The van der Waals surface area contributed by atoms with Gasteiger partial charge >= 0.3 is 0 Å². The molecule has 1 aromatic heterocycles. The van der Waals surface area contributed by atoms with Gasteiger partial charge in [-0.15, -0.1) is 0 Å². The molecular weight excluding hydrogens is 572 g/mol. The molecule has 0 amide bonds. The molecule has 0 spiro atoms. The topological polar surface area (TPSA) is 20.7 Å². The summed E-state index contributed by atoms with van der Waals surface area (Å²) in [6.45, 7) is 23.4. The SMILES string of the molecule is [C-]#[N+]c1cccc2c1oc1c(N(c3ccc(C(C)(C)C)cc3)c3ccc(C)c(-c4cc(C)c5c(CC)cccc5c4C)c3)cccc12. The van der Waals surface area contributed by atoms with E-state index in [4.69, 9.17) is 11.0 Å². The number of nitrogens with zero attached hydrogens (tertiary/aromatic N) is 2. The van der Waals surface area contributed by atoms with Crippen LogP contribution in [0.4, 0.5) is 22.7 Å². The van der Waals surface area contributed by atoms with Crippen LogP contribution in [0, 0.1) is 27.3 Å². The summed E-state index contributed by atoms with van der Waals surface area (Å²) >= 11 is 0. The first kappa shape index (κ1) is 30.3. The Bertz CT molecular complexity index is 2360. The fourth-order valence-corrected chi connectivity index (χ4v) is 7.13. The second kappa shape index (κ2) is 11.5. The summed E-state index contributed by atoms with van der Waals surface area (Å²) in [5.41, 5.74) is 14.0. The standard InChI is InChI=1S/C44H40N2O/c1-9-30-13-10-14-34-29(4)38(25-28(3)41(30)34)37-26-33(22-19-27(37)2)46(32-23-20-31(21-24-32)44(5,6)7)40-18-12-16-36-35-15-11-17-39(45-8)42(35)47-43(36)40/h10-26H,9H2,1-7H3. The average molecular weight is 613 g/mol. The van der Waals surface area contributed by atoms with E-state index in [0.29, 0.717) is 11.3 Å². The van der Waals surface area contributed by atoms with Crippen molar-refractivity contribution >= 4 is 55.5 Å². The highest BCUT2D eigenvalue weighted by molar-refractivity contribution is 6.13. The number of aryl methyl sites for hydroxylation is 4. The number of anilines is 3. The highest BCUT2D eigenvalue weighted by Crippen LogP contribution is 2.45. The van der Waals surface area contributed by atoms with Gasteiger partial charge in [0.1, 0.15) is 5.58 Å². The van der Waals surface area contributed by atoms with Gasteiger partial charge in [-0.1, -0.05) is 100 Å². The van der Waals surface area contributed by atoms with Gasteiger partial charge in [0.2, 0.25) is 5.69 Å². The highest BCUT2D eigenvalue weighted by atomic mass is 16.3. The lowest BCUT2D eigenvalue weighted by Crippen LogP contribution is -2.13. The van der Waals surface area contributed by atoms with Crippen molar-refractivity contribution in [1.29, 1.82) is 0 Å². The molecule has 0 fully saturated rings. The Morgan fingerprint density at radius 2 is 1.34 bits per heavy atom. The second-order valence-corrected chi connectivity index (χ2v) is 13.7. The summed E-state index contributed by atoms with van der Waals surface area (Å²) in [4.78, 5) is 6.06. The summed E-state index contributed by atoms with van der Waals surface area (Å²) in [7, 11) is 0. The van der Waals surface area contributed by atoms with Crippen LogP contribution in [0.2, 0.25) is 0 Å². The molecular formula is C44H40N2O. The Morgan fingerprint density at radius 3 is 2.04 bits per heavy atom. The van der Waals surface area contributed by atoms with Crippen LogP contribution >= 0.6 is 0 Å². The Balaban J connectivity index is 1.49. The molecule has 7 rings (SSSR count). The van der Waals surface area contributed by atoms with Gasteiger partial charge in [-0.05, 0) is 113 Å². The highest BCUT2D eigenvalue weighted by Gasteiger charge is 2.23. The number of hydrogen-bond acceptors (Lipinski definition) is 2. The summed E-state index contributed by atoms with van der Waals surface area (Å²) < 4.78 is 6.60. The van der Waals surface area contributed by atoms with Gasteiger partial charge < -0.3 is 9.32 Å². The Hall–Kier alpha value is -5.33. The molecule has 0 saturated carbocycles. The van der Waals surface area contributed by atoms with Crippen LogP contribution in [0.3, 0.4) is 0 Å². The van der Waals surface area contributed by atoms with Crippen molar-refractivity contribution < 1.29 is 4.42 Å². The lowest BCUT2D eigenvalue weighted by Gasteiger charge is -2.28. The van der Waals surface area contributed by atoms with Gasteiger partial charge in [-0.3, -0.25) is 0 Å². The minimum Gasteiger partial charge on any atom is -0.465 e. The maximum Gasteiger partial charge on any atom is 0.229 e. The van der Waals surface area contributed by atoms with E-state index in [1.165, 1.54) is 49.7 Å². The van der Waals surface area contributed by atoms with E-state index in [0.717, 1.165) is 39.8 Å². The third kappa shape index (κ3) is 5.06. The Labute approximate surface area is 277 Å². The van der Waals surface area contributed by atoms with Crippen LogP contribution in [0.1, 0.15) is 55.5 Å². The zero-order valence-electron chi connectivity index (χ0n) is 28.3. The minimum absolute atomic E-state index is 0.0401. The van der Waals surface area contributed by atoms with Crippen molar-refractivity contribution in [3.05, 3.63) is 142 Å². The molecule has 0 bridgehead atoms. The van der Waals surface area contributed by atoms with Crippen LogP contribution in [-0.4, -0.2) is 0 Å². The van der Waals surface area contributed by atoms with Gasteiger partial charge in [0, 0.05) is 22.1 Å². The number of fused-ring (bicyclic) bond motifs is 4. The Kier molecular flexibility index (Phi) is 7.41. The normalized spacial score (nSPS) is 11.8. The van der Waals surface area contributed by atoms with Gasteiger partial charge in [0.05, 0.1) is 12.3 Å². The lowest BCUT2D eigenvalue weighted by atomic mass is 9.87. The molecule has 0 atom stereocenters. The summed E-state index contributed by atoms with van der Waals surface area (Å²) in [6.07, 6.45) is 1.01. The van der Waals surface area contributed by atoms with Crippen molar-refractivity contribution in [1.82, 2.24) is 0 Å². The number of furan rings is 1. The lowest BCUT2D eigenvalue weighted by molar-refractivity contribution is 0.590. The quantitative estimate of drug-likeness (QED) is 0.180. The predicted molar refractivity (Wildman–Crippen MR) is 200 cm³/mol. The van der Waals surface area contributed by atoms with E-state index < -0.39 is 0 Å². The first-order valence-corrected chi connectivity index (χ1v) is 16.5. The van der Waals surface area contributed by atoms with E-state index in [-0.39, 0.29) is 5.41 Å². The second-order valence-electron chi connectivity index (χ2n) is 13.7. The fraction of sp³-hybridized carbons (Fsp3) is 0.205. The van der Waals surface area contributed by atoms with E-state index in [2.05, 4.69) is 143 Å². The number of rotatable bonds is 5. The van der Waals surface area contributed by atoms with Gasteiger partial charge in [-0.25, -0.2) is 4.85 Å². The monoisotopic (exact) mass is 612 g/mol. The molecule has 0 aliphatic carbocycles. The van der Waals surface area contributed by atoms with Crippen LogP contribution in [0.5, 0.6) is 0 Å². The molecule has 0 aliphatic rings. The number of hydrogen-bond donors (Lipinski definition) is 0. The molecule has 0 saturated heterocycles. The summed E-state index contributed by atoms with van der Waals surface area (Å²) in [6, 6.07) is 36.8. The maximum absolute atomic E-state index is 7.76. The molecule has 3 nitrogen and oxygen atoms in total. The third-order valence-electron chi connectivity index (χ3n) is 9.70. The third-order valence-corrected chi connectivity index (χ3v) is 9.70. The molecule has 0 aliphatic heterocycles. The van der Waals surface area contributed by atoms with Crippen molar-refractivity contribution in [3.8, 4) is 11.1 Å². The van der Waals surface area contributed by atoms with Crippen LogP contribution in [0.15, 0.2) is 108 Å². The molecule has 7 aromatic rings. The average Bonchev–Trinajstić information content (AvgIpc) is 3.46. The first-order chi connectivity index (χ1) is 22.6. The number of para-hydroxylation sites is 2. The largest absolute Gasteiger partial charge is 0.465 e. The Morgan fingerprint density at radius 1 is 0.681 bits per heavy atom. The number of benzene rings is 6. The zero-order valence-corrected chi connectivity index (χ0v) is 28.3. The van der Waals surface area contributed by atoms with Crippen molar-refractivity contribution in [2.45, 2.75) is 60.3 Å². The zero-order chi connectivity index (χ0) is 33.0. The minimum atomic E-state index is 0.0401. The van der Waals surface area contributed by atoms with E-state index in [1.807, 2.05) is 18.2 Å².